The molecule has 0 radical (unpaired) electrons. The quantitative estimate of drug-likeness (QED) is 0.622. The highest BCUT2D eigenvalue weighted by molar-refractivity contribution is 7.81. The Hall–Kier alpha value is -1.86. The predicted molar refractivity (Wildman–Crippen MR) is 98.0 cm³/mol. The minimum Gasteiger partial charge on any atom is -0.508 e. The van der Waals surface area contributed by atoms with E-state index in [4.69, 9.17) is 9.55 Å². The molecule has 5 atom stereocenters. The molecule has 1 fully saturated rings. The fourth-order valence-corrected chi connectivity index (χ4v) is 5.37. The second-order valence-electron chi connectivity index (χ2n) is 7.65. The van der Waals surface area contributed by atoms with Gasteiger partial charge in [-0.3, -0.25) is 9.55 Å². The first-order chi connectivity index (χ1) is 12.3. The van der Waals surface area contributed by atoms with Crippen molar-refractivity contribution in [1.29, 1.82) is 0 Å². The summed E-state index contributed by atoms with van der Waals surface area (Å²) in [6.45, 7) is 3.02. The molecule has 4 rings (SSSR count). The van der Waals surface area contributed by atoms with Crippen LogP contribution < -0.4 is 4.18 Å². The van der Waals surface area contributed by atoms with E-state index in [9.17, 15) is 13.5 Å². The van der Waals surface area contributed by atoms with Crippen molar-refractivity contribution >= 4 is 16.1 Å². The maximum atomic E-state index is 11.0. The molecule has 140 valence electrons. The van der Waals surface area contributed by atoms with Crippen molar-refractivity contribution in [2.45, 2.75) is 32.1 Å². The maximum Gasteiger partial charge on any atom is 0.446 e. The van der Waals surface area contributed by atoms with Crippen LogP contribution >= 0.6 is 0 Å². The van der Waals surface area contributed by atoms with Crippen LogP contribution in [-0.2, 0) is 10.4 Å². The second-order valence-corrected chi connectivity index (χ2v) is 8.67. The third kappa shape index (κ3) is 3.25. The van der Waals surface area contributed by atoms with Gasteiger partial charge in [0.15, 0.2) is 0 Å². The first kappa shape index (κ1) is 17.5. The van der Waals surface area contributed by atoms with Gasteiger partial charge in [0.25, 0.3) is 0 Å². The van der Waals surface area contributed by atoms with Gasteiger partial charge in [-0.2, -0.15) is 8.42 Å². The van der Waals surface area contributed by atoms with Gasteiger partial charge in [-0.25, -0.2) is 0 Å². The van der Waals surface area contributed by atoms with Gasteiger partial charge in [0.05, 0.1) is 0 Å². The molecule has 0 spiro atoms. The van der Waals surface area contributed by atoms with E-state index in [2.05, 4.69) is 23.3 Å². The largest absolute Gasteiger partial charge is 0.508 e. The lowest BCUT2D eigenvalue weighted by atomic mass is 9.58. The average Bonchev–Trinajstić information content (AvgIpc) is 2.56. The molecule has 0 bridgehead atoms. The number of aromatic hydroxyl groups is 1. The maximum absolute atomic E-state index is 11.0. The summed E-state index contributed by atoms with van der Waals surface area (Å²) in [4.78, 5) is 4.82. The average molecular weight is 377 g/mol. The molecule has 1 aromatic carbocycles. The first-order valence-electron chi connectivity index (χ1n) is 9.04. The van der Waals surface area contributed by atoms with Crippen LogP contribution in [0.1, 0.15) is 37.7 Å². The van der Waals surface area contributed by atoms with Crippen LogP contribution in [0.2, 0.25) is 0 Å². The molecule has 1 aliphatic heterocycles. The Morgan fingerprint density at radius 2 is 2.04 bits per heavy atom. The summed E-state index contributed by atoms with van der Waals surface area (Å²) >= 11 is 0. The lowest BCUT2D eigenvalue weighted by Gasteiger charge is -2.48. The molecular formula is C19H23NO5S. The van der Waals surface area contributed by atoms with Crippen LogP contribution in [0.15, 0.2) is 35.3 Å². The van der Waals surface area contributed by atoms with E-state index in [-0.39, 0.29) is 17.4 Å². The topological polar surface area (TPSA) is 96.2 Å². The number of aliphatic imine (C=N–C) groups is 1. The third-order valence-electron chi connectivity index (χ3n) is 5.95. The normalized spacial score (nSPS) is 33.3. The smallest absolute Gasteiger partial charge is 0.446 e. The molecule has 1 unspecified atom stereocenters. The molecule has 0 amide bonds. The van der Waals surface area contributed by atoms with Crippen LogP contribution in [0.4, 0.5) is 0 Å². The lowest BCUT2D eigenvalue weighted by molar-refractivity contribution is 0.186. The summed E-state index contributed by atoms with van der Waals surface area (Å²) < 4.78 is 35.6. The lowest BCUT2D eigenvalue weighted by Crippen LogP contribution is -2.45. The summed E-state index contributed by atoms with van der Waals surface area (Å²) in [6.07, 6.45) is 7.85. The Bertz CT molecular complexity index is 876. The van der Waals surface area contributed by atoms with Gasteiger partial charge >= 0.3 is 10.4 Å². The molecule has 0 saturated heterocycles. The molecule has 3 aliphatic rings. The molecule has 6 nitrogen and oxygen atoms in total. The zero-order valence-corrected chi connectivity index (χ0v) is 15.4. The summed E-state index contributed by atoms with van der Waals surface area (Å²) in [7, 11) is -4.64. The van der Waals surface area contributed by atoms with E-state index in [1.807, 2.05) is 0 Å². The number of benzene rings is 1. The standard InChI is InChI=1S/C19H23NO5S/c1-11-10-20-17-4-2-3-12-5-6-16(18(11)19(12)17)13-7-14(21)9-15(8-13)25-26(22,23)24/h5-9,11-12,16,18-19,21H,2-4,10H2,1H3,(H,22,23,24)/t11-,12+,16+,18?,19+/m0/s1. The minimum atomic E-state index is -4.64. The number of phenols is 1. The predicted octanol–water partition coefficient (Wildman–Crippen LogP) is 3.35. The second kappa shape index (κ2) is 6.39. The number of hydrogen-bond donors (Lipinski definition) is 2. The molecule has 2 aliphatic carbocycles. The fraction of sp³-hybridized carbons (Fsp3) is 0.526. The minimum absolute atomic E-state index is 0.0469. The van der Waals surface area contributed by atoms with Gasteiger partial charge in [0.1, 0.15) is 11.5 Å². The molecule has 1 heterocycles. The number of rotatable bonds is 3. The van der Waals surface area contributed by atoms with E-state index < -0.39 is 10.4 Å². The Morgan fingerprint density at radius 3 is 2.81 bits per heavy atom. The molecule has 0 aromatic heterocycles. The Morgan fingerprint density at radius 1 is 1.23 bits per heavy atom. The van der Waals surface area contributed by atoms with Crippen LogP contribution in [0.25, 0.3) is 0 Å². The number of nitrogens with zero attached hydrogens (tertiary/aromatic N) is 1. The molecular weight excluding hydrogens is 354 g/mol. The molecule has 1 saturated carbocycles. The zero-order chi connectivity index (χ0) is 18.5. The Kier molecular flexibility index (Phi) is 4.31. The third-order valence-corrected chi connectivity index (χ3v) is 6.35. The van der Waals surface area contributed by atoms with Gasteiger partial charge in [-0.05, 0) is 54.7 Å². The van der Waals surface area contributed by atoms with Gasteiger partial charge in [-0.1, -0.05) is 19.1 Å². The number of allylic oxidation sites excluding steroid dienone is 2. The highest BCUT2D eigenvalue weighted by atomic mass is 32.3. The SMILES string of the molecule is C[C@H]1CN=C2CCC[C@@H]3C=C[C@H](c4cc(O)cc(OS(=O)(=O)O)c4)C1[C@@H]23. The molecule has 1 aromatic rings. The Balaban J connectivity index is 1.75. The summed E-state index contributed by atoms with van der Waals surface area (Å²) in [5, 5.41) is 10.0. The van der Waals surface area contributed by atoms with E-state index in [1.165, 1.54) is 24.6 Å². The van der Waals surface area contributed by atoms with Crippen LogP contribution in [0, 0.1) is 23.7 Å². The van der Waals surface area contributed by atoms with Crippen molar-refractivity contribution in [2.24, 2.45) is 28.7 Å². The van der Waals surface area contributed by atoms with Crippen LogP contribution in [0.5, 0.6) is 11.5 Å². The van der Waals surface area contributed by atoms with Gasteiger partial charge in [-0.15, -0.1) is 0 Å². The highest BCUT2D eigenvalue weighted by Gasteiger charge is 2.45. The van der Waals surface area contributed by atoms with Crippen molar-refractivity contribution in [3.63, 3.8) is 0 Å². The van der Waals surface area contributed by atoms with Gasteiger partial charge in [0, 0.05) is 30.2 Å². The fourth-order valence-electron chi connectivity index (χ4n) is 5.03. The van der Waals surface area contributed by atoms with Crippen molar-refractivity contribution in [1.82, 2.24) is 0 Å². The van der Waals surface area contributed by atoms with Gasteiger partial charge < -0.3 is 9.29 Å². The first-order valence-corrected chi connectivity index (χ1v) is 10.4. The van der Waals surface area contributed by atoms with Crippen LogP contribution in [-0.4, -0.2) is 30.3 Å². The molecule has 26 heavy (non-hydrogen) atoms. The van der Waals surface area contributed by atoms with E-state index >= 15 is 0 Å². The molecule has 7 heteroatoms. The highest BCUT2D eigenvalue weighted by Crippen LogP contribution is 2.50. The van der Waals surface area contributed by atoms with Crippen molar-refractivity contribution in [2.75, 3.05) is 6.54 Å². The monoisotopic (exact) mass is 377 g/mol. The number of phenolic OH excluding ortho intramolecular Hbond substituents is 1. The van der Waals surface area contributed by atoms with E-state index in [0.29, 0.717) is 23.7 Å². The van der Waals surface area contributed by atoms with Crippen molar-refractivity contribution in [3.8, 4) is 11.5 Å². The van der Waals surface area contributed by atoms with Crippen molar-refractivity contribution < 1.29 is 22.3 Å². The zero-order valence-electron chi connectivity index (χ0n) is 14.6. The van der Waals surface area contributed by atoms with E-state index in [0.717, 1.165) is 18.5 Å². The molecule has 2 N–H and O–H groups in total. The summed E-state index contributed by atoms with van der Waals surface area (Å²) in [6, 6.07) is 4.42. The van der Waals surface area contributed by atoms with Crippen LogP contribution in [0.3, 0.4) is 0 Å². The Labute approximate surface area is 153 Å². The van der Waals surface area contributed by atoms with Gasteiger partial charge in [0.2, 0.25) is 0 Å². The number of hydrogen-bond acceptors (Lipinski definition) is 5. The summed E-state index contributed by atoms with van der Waals surface area (Å²) in [5.41, 5.74) is 2.11. The summed E-state index contributed by atoms with van der Waals surface area (Å²) in [5.74, 6) is 1.56. The van der Waals surface area contributed by atoms with Crippen molar-refractivity contribution in [3.05, 3.63) is 35.9 Å². The van der Waals surface area contributed by atoms with E-state index in [1.54, 1.807) is 12.1 Å².